The summed E-state index contributed by atoms with van der Waals surface area (Å²) >= 11 is 5.99. The lowest BCUT2D eigenvalue weighted by atomic mass is 10.3. The SMILES string of the molecule is N#Cc1ncc2c(Cl)nn(-c3ccc(F)cc3)c2n1. The van der Waals surface area contributed by atoms with Gasteiger partial charge in [0.15, 0.2) is 10.8 Å². The Kier molecular flexibility index (Phi) is 2.62. The quantitative estimate of drug-likeness (QED) is 0.683. The van der Waals surface area contributed by atoms with Gasteiger partial charge in [-0.15, -0.1) is 0 Å². The summed E-state index contributed by atoms with van der Waals surface area (Å²) in [6.07, 6.45) is 1.44. The van der Waals surface area contributed by atoms with E-state index in [9.17, 15) is 4.39 Å². The number of nitrogens with zero attached hydrogens (tertiary/aromatic N) is 5. The third kappa shape index (κ3) is 1.90. The van der Waals surface area contributed by atoms with E-state index in [2.05, 4.69) is 15.1 Å². The minimum absolute atomic E-state index is 0.0208. The molecule has 0 amide bonds. The Morgan fingerprint density at radius 3 is 2.68 bits per heavy atom. The van der Waals surface area contributed by atoms with Gasteiger partial charge in [0.25, 0.3) is 0 Å². The summed E-state index contributed by atoms with van der Waals surface area (Å²) in [5.41, 5.74) is 1.00. The number of rotatable bonds is 1. The number of halogens is 2. The zero-order valence-corrected chi connectivity index (χ0v) is 10.1. The highest BCUT2D eigenvalue weighted by atomic mass is 35.5. The first kappa shape index (κ1) is 11.6. The highest BCUT2D eigenvalue weighted by Gasteiger charge is 2.13. The van der Waals surface area contributed by atoms with Crippen LogP contribution < -0.4 is 0 Å². The average Bonchev–Trinajstić information content (AvgIpc) is 2.76. The lowest BCUT2D eigenvalue weighted by Gasteiger charge is -2.01. The van der Waals surface area contributed by atoms with Crippen molar-refractivity contribution in [3.8, 4) is 11.8 Å². The maximum Gasteiger partial charge on any atom is 0.234 e. The van der Waals surface area contributed by atoms with Crippen LogP contribution in [0.1, 0.15) is 5.82 Å². The van der Waals surface area contributed by atoms with E-state index in [0.717, 1.165) is 0 Å². The summed E-state index contributed by atoms with van der Waals surface area (Å²) < 4.78 is 14.4. The van der Waals surface area contributed by atoms with Crippen molar-refractivity contribution in [2.45, 2.75) is 0 Å². The number of benzene rings is 1. The molecule has 5 nitrogen and oxygen atoms in total. The first-order valence-electron chi connectivity index (χ1n) is 5.26. The van der Waals surface area contributed by atoms with Gasteiger partial charge in [0, 0.05) is 6.20 Å². The van der Waals surface area contributed by atoms with Gasteiger partial charge >= 0.3 is 0 Å². The van der Waals surface area contributed by atoms with Crippen LogP contribution in [0.5, 0.6) is 0 Å². The van der Waals surface area contributed by atoms with Gasteiger partial charge in [-0.25, -0.2) is 14.1 Å². The Morgan fingerprint density at radius 1 is 1.26 bits per heavy atom. The average molecular weight is 274 g/mol. The predicted octanol–water partition coefficient (Wildman–Crippen LogP) is 2.48. The maximum atomic E-state index is 12.9. The molecule has 0 unspecified atom stereocenters. The largest absolute Gasteiger partial charge is 0.234 e. The van der Waals surface area contributed by atoms with Crippen molar-refractivity contribution in [1.82, 2.24) is 19.7 Å². The first-order chi connectivity index (χ1) is 9.19. The molecule has 19 heavy (non-hydrogen) atoms. The summed E-state index contributed by atoms with van der Waals surface area (Å²) in [7, 11) is 0. The zero-order chi connectivity index (χ0) is 13.4. The highest BCUT2D eigenvalue weighted by molar-refractivity contribution is 6.34. The molecule has 0 N–H and O–H groups in total. The summed E-state index contributed by atoms with van der Waals surface area (Å²) in [4.78, 5) is 7.90. The van der Waals surface area contributed by atoms with Crippen LogP contribution in [0.3, 0.4) is 0 Å². The van der Waals surface area contributed by atoms with Gasteiger partial charge in [-0.2, -0.15) is 15.3 Å². The van der Waals surface area contributed by atoms with Crippen molar-refractivity contribution in [2.75, 3.05) is 0 Å². The first-order valence-corrected chi connectivity index (χ1v) is 5.64. The van der Waals surface area contributed by atoms with Crippen molar-refractivity contribution >= 4 is 22.6 Å². The van der Waals surface area contributed by atoms with Gasteiger partial charge in [-0.3, -0.25) is 0 Å². The molecule has 0 aliphatic carbocycles. The van der Waals surface area contributed by atoms with E-state index in [1.54, 1.807) is 12.1 Å². The van der Waals surface area contributed by atoms with Gasteiger partial charge in [-0.1, -0.05) is 11.6 Å². The van der Waals surface area contributed by atoms with E-state index in [-0.39, 0.29) is 16.8 Å². The molecule has 0 aliphatic rings. The molecule has 0 saturated carbocycles. The molecule has 0 fully saturated rings. The number of hydrogen-bond donors (Lipinski definition) is 0. The van der Waals surface area contributed by atoms with Crippen LogP contribution in [-0.4, -0.2) is 19.7 Å². The smallest absolute Gasteiger partial charge is 0.227 e. The summed E-state index contributed by atoms with van der Waals surface area (Å²) in [5.74, 6) is -0.328. The van der Waals surface area contributed by atoms with Gasteiger partial charge in [-0.05, 0) is 24.3 Å². The van der Waals surface area contributed by atoms with Crippen molar-refractivity contribution in [3.63, 3.8) is 0 Å². The van der Waals surface area contributed by atoms with Crippen LogP contribution in [0.2, 0.25) is 5.15 Å². The third-order valence-electron chi connectivity index (χ3n) is 2.55. The van der Waals surface area contributed by atoms with Gasteiger partial charge in [0.2, 0.25) is 5.82 Å². The zero-order valence-electron chi connectivity index (χ0n) is 9.38. The lowest BCUT2D eigenvalue weighted by Crippen LogP contribution is -1.99. The molecule has 0 spiro atoms. The molecule has 7 heteroatoms. The van der Waals surface area contributed by atoms with Crippen LogP contribution in [0, 0.1) is 17.1 Å². The van der Waals surface area contributed by atoms with Crippen LogP contribution in [0.4, 0.5) is 4.39 Å². The van der Waals surface area contributed by atoms with Crippen molar-refractivity contribution in [2.24, 2.45) is 0 Å². The van der Waals surface area contributed by atoms with Gasteiger partial charge in [0.1, 0.15) is 11.9 Å². The molecule has 1 aromatic carbocycles. The Balaban J connectivity index is 2.29. The van der Waals surface area contributed by atoms with E-state index in [4.69, 9.17) is 16.9 Å². The van der Waals surface area contributed by atoms with Crippen molar-refractivity contribution < 1.29 is 4.39 Å². The number of aromatic nitrogens is 4. The Labute approximate surface area is 111 Å². The molecule has 92 valence electrons. The van der Waals surface area contributed by atoms with E-state index >= 15 is 0 Å². The lowest BCUT2D eigenvalue weighted by molar-refractivity contribution is 0.627. The third-order valence-corrected chi connectivity index (χ3v) is 2.83. The molecule has 0 bridgehead atoms. The molecule has 3 rings (SSSR count). The molecule has 2 aromatic heterocycles. The van der Waals surface area contributed by atoms with Gasteiger partial charge in [0.05, 0.1) is 11.1 Å². The number of fused-ring (bicyclic) bond motifs is 1. The fraction of sp³-hybridized carbons (Fsp3) is 0. The standard InChI is InChI=1S/C12H5ClFN5/c13-11-9-6-16-10(5-15)17-12(9)19(18-11)8-3-1-7(14)2-4-8/h1-4,6H. The van der Waals surface area contributed by atoms with Crippen LogP contribution in [-0.2, 0) is 0 Å². The Hall–Kier alpha value is -2.52. The number of nitriles is 1. The molecular weight excluding hydrogens is 269 g/mol. The second-order valence-electron chi connectivity index (χ2n) is 3.72. The maximum absolute atomic E-state index is 12.9. The van der Waals surface area contributed by atoms with Gasteiger partial charge < -0.3 is 0 Å². The molecule has 2 heterocycles. The number of hydrogen-bond acceptors (Lipinski definition) is 4. The van der Waals surface area contributed by atoms with Crippen LogP contribution in [0.25, 0.3) is 16.7 Å². The summed E-state index contributed by atoms with van der Waals surface area (Å²) in [6.45, 7) is 0. The highest BCUT2D eigenvalue weighted by Crippen LogP contribution is 2.23. The Bertz CT molecular complexity index is 803. The molecule has 0 aliphatic heterocycles. The van der Waals surface area contributed by atoms with E-state index in [1.165, 1.54) is 23.0 Å². The van der Waals surface area contributed by atoms with E-state index in [0.29, 0.717) is 16.7 Å². The summed E-state index contributed by atoms with van der Waals surface area (Å²) in [6, 6.07) is 7.56. The van der Waals surface area contributed by atoms with E-state index in [1.807, 2.05) is 6.07 Å². The Morgan fingerprint density at radius 2 is 2.00 bits per heavy atom. The molecular formula is C12H5ClFN5. The van der Waals surface area contributed by atoms with Crippen LogP contribution in [0.15, 0.2) is 30.5 Å². The molecule has 0 radical (unpaired) electrons. The predicted molar refractivity (Wildman–Crippen MR) is 66.3 cm³/mol. The minimum atomic E-state index is -0.348. The normalized spacial score (nSPS) is 10.6. The molecule has 0 saturated heterocycles. The molecule has 0 atom stereocenters. The molecule has 3 aromatic rings. The topological polar surface area (TPSA) is 67.4 Å². The summed E-state index contributed by atoms with van der Waals surface area (Å²) in [5, 5.41) is 13.7. The fourth-order valence-corrected chi connectivity index (χ4v) is 1.89. The fourth-order valence-electron chi connectivity index (χ4n) is 1.69. The minimum Gasteiger partial charge on any atom is -0.227 e. The second kappa shape index (κ2) is 4.30. The van der Waals surface area contributed by atoms with Crippen molar-refractivity contribution in [1.29, 1.82) is 5.26 Å². The monoisotopic (exact) mass is 273 g/mol. The van der Waals surface area contributed by atoms with E-state index < -0.39 is 0 Å². The van der Waals surface area contributed by atoms with Crippen molar-refractivity contribution in [3.05, 3.63) is 47.3 Å². The van der Waals surface area contributed by atoms with Crippen LogP contribution >= 0.6 is 11.6 Å². The second-order valence-corrected chi connectivity index (χ2v) is 4.08.